The fourth-order valence-corrected chi connectivity index (χ4v) is 3.16. The summed E-state index contributed by atoms with van der Waals surface area (Å²) in [4.78, 5) is 0.219. The molecule has 0 bridgehead atoms. The summed E-state index contributed by atoms with van der Waals surface area (Å²) < 4.78 is 15.8. The van der Waals surface area contributed by atoms with E-state index < -0.39 is 5.82 Å². The third kappa shape index (κ3) is 4.26. The van der Waals surface area contributed by atoms with Crippen molar-refractivity contribution in [2.75, 3.05) is 5.32 Å². The molecular formula is C23H22FN2OS+. The van der Waals surface area contributed by atoms with Crippen molar-refractivity contribution in [2.24, 2.45) is 0 Å². The summed E-state index contributed by atoms with van der Waals surface area (Å²) in [5.74, 6) is -0.392. The molecule has 3 nitrogen and oxygen atoms in total. The van der Waals surface area contributed by atoms with Crippen molar-refractivity contribution < 1.29 is 14.1 Å². The molecule has 1 aromatic heterocycles. The molecule has 3 rings (SSSR count). The Morgan fingerprint density at radius 2 is 1.75 bits per heavy atom. The maximum Gasteiger partial charge on any atom is 0.288 e. The van der Waals surface area contributed by atoms with E-state index in [4.69, 9.17) is 12.2 Å². The van der Waals surface area contributed by atoms with Crippen molar-refractivity contribution >= 4 is 34.3 Å². The lowest BCUT2D eigenvalue weighted by atomic mass is 10.0. The van der Waals surface area contributed by atoms with Crippen LogP contribution in [0.15, 0.2) is 67.0 Å². The summed E-state index contributed by atoms with van der Waals surface area (Å²) in [6.45, 7) is 5.95. The third-order valence-corrected chi connectivity index (χ3v) is 4.84. The largest absolute Gasteiger partial charge is 0.502 e. The molecule has 2 aromatic carbocycles. The highest BCUT2D eigenvalue weighted by Crippen LogP contribution is 2.22. The van der Waals surface area contributed by atoms with Crippen molar-refractivity contribution in [1.82, 2.24) is 0 Å². The number of halogens is 1. The minimum Gasteiger partial charge on any atom is -0.502 e. The van der Waals surface area contributed by atoms with Crippen LogP contribution < -0.4 is 9.88 Å². The Kier molecular flexibility index (Phi) is 5.85. The summed E-state index contributed by atoms with van der Waals surface area (Å²) in [7, 11) is 0. The van der Waals surface area contributed by atoms with Crippen LogP contribution >= 0.6 is 12.2 Å². The number of nitrogens with one attached hydrogen (secondary N) is 1. The van der Waals surface area contributed by atoms with Crippen LogP contribution in [0, 0.1) is 26.6 Å². The number of benzene rings is 2. The average Bonchev–Trinajstić information content (AvgIpc) is 2.66. The van der Waals surface area contributed by atoms with Gasteiger partial charge in [0.2, 0.25) is 0 Å². The predicted molar refractivity (Wildman–Crippen MR) is 116 cm³/mol. The molecule has 28 heavy (non-hydrogen) atoms. The summed E-state index contributed by atoms with van der Waals surface area (Å²) in [6.07, 6.45) is 3.66. The van der Waals surface area contributed by atoms with Crippen molar-refractivity contribution in [2.45, 2.75) is 20.8 Å². The van der Waals surface area contributed by atoms with Gasteiger partial charge in [-0.15, -0.1) is 0 Å². The monoisotopic (exact) mass is 393 g/mol. The van der Waals surface area contributed by atoms with E-state index in [1.165, 1.54) is 6.07 Å². The zero-order chi connectivity index (χ0) is 20.3. The van der Waals surface area contributed by atoms with Crippen LogP contribution in [0.25, 0.3) is 11.5 Å². The summed E-state index contributed by atoms with van der Waals surface area (Å²) in [6, 6.07) is 15.8. The molecule has 0 unspecified atom stereocenters. The second kappa shape index (κ2) is 8.31. The summed E-state index contributed by atoms with van der Waals surface area (Å²) >= 11 is 5.56. The van der Waals surface area contributed by atoms with Gasteiger partial charge < -0.3 is 10.4 Å². The molecule has 0 fully saturated rings. The maximum atomic E-state index is 14.1. The molecule has 0 saturated carbocycles. The van der Waals surface area contributed by atoms with E-state index in [1.807, 2.05) is 57.3 Å². The zero-order valence-electron chi connectivity index (χ0n) is 16.0. The minimum absolute atomic E-state index is 0.0209. The SMILES string of the molecule is Cc1ccc[n+](/C(C(=S)Nc2ccccc2F)=C(\O)c2ccc(C)c(C)c2)c1. The van der Waals surface area contributed by atoms with Gasteiger partial charge in [-0.1, -0.05) is 36.5 Å². The Hall–Kier alpha value is -3.05. The second-order valence-corrected chi connectivity index (χ2v) is 7.13. The third-order valence-electron chi connectivity index (χ3n) is 4.55. The number of thiocarbonyl (C=S) groups is 1. The Morgan fingerprint density at radius 1 is 1.00 bits per heavy atom. The smallest absolute Gasteiger partial charge is 0.288 e. The second-order valence-electron chi connectivity index (χ2n) is 6.72. The number of aliphatic hydroxyl groups is 1. The normalized spacial score (nSPS) is 11.7. The van der Waals surface area contributed by atoms with Gasteiger partial charge >= 0.3 is 0 Å². The van der Waals surface area contributed by atoms with E-state index in [1.54, 1.807) is 29.0 Å². The first-order valence-corrected chi connectivity index (χ1v) is 9.32. The van der Waals surface area contributed by atoms with E-state index in [-0.39, 0.29) is 16.4 Å². The van der Waals surface area contributed by atoms with E-state index >= 15 is 0 Å². The zero-order valence-corrected chi connectivity index (χ0v) is 16.8. The van der Waals surface area contributed by atoms with Crippen molar-refractivity contribution in [1.29, 1.82) is 0 Å². The number of aromatic nitrogens is 1. The molecule has 0 saturated heterocycles. The number of nitrogens with zero attached hydrogens (tertiary/aromatic N) is 1. The van der Waals surface area contributed by atoms with Crippen LogP contribution in [0.5, 0.6) is 0 Å². The molecular weight excluding hydrogens is 371 g/mol. The van der Waals surface area contributed by atoms with E-state index in [9.17, 15) is 9.50 Å². The van der Waals surface area contributed by atoms with Crippen LogP contribution in [-0.4, -0.2) is 10.1 Å². The molecule has 0 radical (unpaired) electrons. The number of aliphatic hydroxyl groups excluding tert-OH is 1. The Bertz CT molecular complexity index is 1080. The lowest BCUT2D eigenvalue weighted by Gasteiger charge is -2.12. The number of anilines is 1. The van der Waals surface area contributed by atoms with Gasteiger partial charge in [-0.3, -0.25) is 0 Å². The summed E-state index contributed by atoms with van der Waals surface area (Å²) in [5.41, 5.74) is 4.47. The Morgan fingerprint density at radius 3 is 2.43 bits per heavy atom. The number of aryl methyl sites for hydroxylation is 3. The Labute approximate surface area is 169 Å². The van der Waals surface area contributed by atoms with Crippen molar-refractivity contribution in [3.8, 4) is 0 Å². The van der Waals surface area contributed by atoms with Crippen LogP contribution in [0.1, 0.15) is 22.3 Å². The molecule has 0 atom stereocenters. The fourth-order valence-electron chi connectivity index (χ4n) is 2.85. The van der Waals surface area contributed by atoms with E-state index in [2.05, 4.69) is 5.32 Å². The lowest BCUT2D eigenvalue weighted by molar-refractivity contribution is -0.576. The molecule has 0 aliphatic carbocycles. The first-order valence-electron chi connectivity index (χ1n) is 8.92. The molecule has 0 aliphatic heterocycles. The van der Waals surface area contributed by atoms with Crippen LogP contribution in [0.4, 0.5) is 10.1 Å². The van der Waals surface area contributed by atoms with E-state index in [0.29, 0.717) is 11.3 Å². The van der Waals surface area contributed by atoms with Crippen molar-refractivity contribution in [3.63, 3.8) is 0 Å². The van der Waals surface area contributed by atoms with Gasteiger partial charge in [-0.05, 0) is 56.2 Å². The van der Waals surface area contributed by atoms with Gasteiger partial charge in [0.15, 0.2) is 23.1 Å². The lowest BCUT2D eigenvalue weighted by Crippen LogP contribution is -2.38. The molecule has 5 heteroatoms. The van der Waals surface area contributed by atoms with Gasteiger partial charge in [0.1, 0.15) is 5.82 Å². The molecule has 0 spiro atoms. The van der Waals surface area contributed by atoms with Crippen LogP contribution in [0.3, 0.4) is 0 Å². The van der Waals surface area contributed by atoms with Crippen LogP contribution in [0.2, 0.25) is 0 Å². The molecule has 3 aromatic rings. The molecule has 1 heterocycles. The Balaban J connectivity index is 2.13. The average molecular weight is 394 g/mol. The summed E-state index contributed by atoms with van der Waals surface area (Å²) in [5, 5.41) is 14.0. The highest BCUT2D eigenvalue weighted by atomic mass is 32.1. The van der Waals surface area contributed by atoms with Crippen LogP contribution in [-0.2, 0) is 0 Å². The highest BCUT2D eigenvalue weighted by Gasteiger charge is 2.24. The number of hydrogen-bond acceptors (Lipinski definition) is 2. The quantitative estimate of drug-likeness (QED) is 0.271. The van der Waals surface area contributed by atoms with Gasteiger partial charge in [0, 0.05) is 17.2 Å². The minimum atomic E-state index is -0.413. The van der Waals surface area contributed by atoms with Gasteiger partial charge in [-0.2, -0.15) is 4.57 Å². The number of pyridine rings is 1. The maximum absolute atomic E-state index is 14.1. The number of para-hydroxylation sites is 1. The standard InChI is InChI=1S/C23H21FN2OS/c1-15-7-6-12-26(14-15)21(22(27)18-11-10-16(2)17(3)13-18)23(28)25-20-9-5-4-8-19(20)24/h4-14H,1-3H3,(H-,25,27,28)/p+1. The fraction of sp³-hybridized carbons (Fsp3) is 0.130. The number of rotatable bonds is 4. The van der Waals surface area contributed by atoms with Gasteiger partial charge in [0.25, 0.3) is 5.70 Å². The molecule has 0 aliphatic rings. The van der Waals surface area contributed by atoms with Crippen molar-refractivity contribution in [3.05, 3.63) is 95.1 Å². The van der Waals surface area contributed by atoms with Gasteiger partial charge in [0.05, 0.1) is 5.69 Å². The van der Waals surface area contributed by atoms with E-state index in [0.717, 1.165) is 16.7 Å². The highest BCUT2D eigenvalue weighted by molar-refractivity contribution is 7.81. The van der Waals surface area contributed by atoms with Gasteiger partial charge in [-0.25, -0.2) is 4.39 Å². The molecule has 0 amide bonds. The molecule has 2 N–H and O–H groups in total. The molecule has 142 valence electrons. The first-order chi connectivity index (χ1) is 13.4. The predicted octanol–water partition coefficient (Wildman–Crippen LogP) is 5.36. The topological polar surface area (TPSA) is 36.1 Å². The first kappa shape index (κ1) is 19.7. The number of hydrogen-bond donors (Lipinski definition) is 2.